The Kier molecular flexibility index (Phi) is 4.42. The van der Waals surface area contributed by atoms with E-state index in [0.29, 0.717) is 5.56 Å². The Morgan fingerprint density at radius 2 is 1.91 bits per heavy atom. The van der Waals surface area contributed by atoms with Gasteiger partial charge in [0.05, 0.1) is 10.6 Å². The number of hydrogen-bond acceptors (Lipinski definition) is 7. The fourth-order valence-electron chi connectivity index (χ4n) is 1.60. The SMILES string of the molecule is Nc1cc(COC(=O)Oc2ccc([N+](=O)[O-])cc2)ccc1O. The zero-order valence-electron chi connectivity index (χ0n) is 11.3. The fourth-order valence-corrected chi connectivity index (χ4v) is 1.60. The number of phenolic OH excluding ortho intramolecular Hbond substituents is 1. The quantitative estimate of drug-likeness (QED) is 0.222. The molecule has 8 heteroatoms. The van der Waals surface area contributed by atoms with Crippen LogP contribution in [-0.4, -0.2) is 16.2 Å². The van der Waals surface area contributed by atoms with Crippen LogP contribution in [0.1, 0.15) is 5.56 Å². The average molecular weight is 304 g/mol. The number of carbonyl (C=O) groups excluding carboxylic acids is 1. The number of non-ortho nitro benzene ring substituents is 1. The molecule has 8 nitrogen and oxygen atoms in total. The monoisotopic (exact) mass is 304 g/mol. The molecule has 2 aromatic rings. The second-order valence-corrected chi connectivity index (χ2v) is 4.28. The first kappa shape index (κ1) is 15.1. The Balaban J connectivity index is 1.89. The molecule has 0 heterocycles. The van der Waals surface area contributed by atoms with E-state index in [1.807, 2.05) is 0 Å². The van der Waals surface area contributed by atoms with Crippen LogP contribution >= 0.6 is 0 Å². The van der Waals surface area contributed by atoms with Crippen LogP contribution in [0.5, 0.6) is 11.5 Å². The van der Waals surface area contributed by atoms with Gasteiger partial charge in [0.1, 0.15) is 18.1 Å². The molecule has 0 bridgehead atoms. The summed E-state index contributed by atoms with van der Waals surface area (Å²) >= 11 is 0. The van der Waals surface area contributed by atoms with Crippen molar-refractivity contribution in [2.75, 3.05) is 5.73 Å². The molecule has 0 aromatic heterocycles. The molecule has 0 aliphatic carbocycles. The first-order chi connectivity index (χ1) is 10.5. The summed E-state index contributed by atoms with van der Waals surface area (Å²) in [5, 5.41) is 19.8. The summed E-state index contributed by atoms with van der Waals surface area (Å²) in [6.45, 7) is -0.0870. The topological polar surface area (TPSA) is 125 Å². The van der Waals surface area contributed by atoms with Crippen LogP contribution in [0.3, 0.4) is 0 Å². The van der Waals surface area contributed by atoms with Gasteiger partial charge in [-0.05, 0) is 29.8 Å². The lowest BCUT2D eigenvalue weighted by Crippen LogP contribution is -2.10. The number of nitro groups is 1. The highest BCUT2D eigenvalue weighted by molar-refractivity contribution is 5.64. The molecule has 0 saturated heterocycles. The Bertz CT molecular complexity index is 699. The summed E-state index contributed by atoms with van der Waals surface area (Å²) in [7, 11) is 0. The van der Waals surface area contributed by atoms with Crippen molar-refractivity contribution in [2.24, 2.45) is 0 Å². The third-order valence-electron chi connectivity index (χ3n) is 2.70. The van der Waals surface area contributed by atoms with Gasteiger partial charge < -0.3 is 20.3 Å². The number of benzene rings is 2. The average Bonchev–Trinajstić information content (AvgIpc) is 2.49. The van der Waals surface area contributed by atoms with Gasteiger partial charge in [0, 0.05) is 12.1 Å². The zero-order valence-corrected chi connectivity index (χ0v) is 11.3. The van der Waals surface area contributed by atoms with Gasteiger partial charge in [-0.15, -0.1) is 0 Å². The molecular formula is C14H12N2O6. The Labute approximate surface area is 124 Å². The highest BCUT2D eigenvalue weighted by atomic mass is 16.7. The van der Waals surface area contributed by atoms with Crippen LogP contribution in [0.2, 0.25) is 0 Å². The Morgan fingerprint density at radius 1 is 1.23 bits per heavy atom. The van der Waals surface area contributed by atoms with E-state index >= 15 is 0 Å². The van der Waals surface area contributed by atoms with E-state index < -0.39 is 11.1 Å². The normalized spacial score (nSPS) is 10.0. The first-order valence-corrected chi connectivity index (χ1v) is 6.12. The highest BCUT2D eigenvalue weighted by Crippen LogP contribution is 2.21. The van der Waals surface area contributed by atoms with Crippen LogP contribution in [0.4, 0.5) is 16.2 Å². The maximum Gasteiger partial charge on any atom is 0.514 e. The summed E-state index contributed by atoms with van der Waals surface area (Å²) in [6.07, 6.45) is -0.958. The lowest BCUT2D eigenvalue weighted by Gasteiger charge is -2.07. The number of carbonyl (C=O) groups is 1. The molecule has 0 aliphatic heterocycles. The minimum atomic E-state index is -0.958. The zero-order chi connectivity index (χ0) is 16.1. The number of nitrogens with zero attached hydrogens (tertiary/aromatic N) is 1. The van der Waals surface area contributed by atoms with Crippen molar-refractivity contribution in [2.45, 2.75) is 6.61 Å². The standard InChI is InChI=1S/C14H12N2O6/c15-12-7-9(1-6-13(12)17)8-21-14(18)22-11-4-2-10(3-5-11)16(19)20/h1-7,17H,8,15H2. The van der Waals surface area contributed by atoms with E-state index in [2.05, 4.69) is 0 Å². The summed E-state index contributed by atoms with van der Waals surface area (Å²) in [5.74, 6) is 0.0676. The summed E-state index contributed by atoms with van der Waals surface area (Å²) in [4.78, 5) is 21.4. The maximum atomic E-state index is 11.5. The van der Waals surface area contributed by atoms with Crippen molar-refractivity contribution in [3.05, 3.63) is 58.1 Å². The number of hydrogen-bond donors (Lipinski definition) is 2. The van der Waals surface area contributed by atoms with Gasteiger partial charge >= 0.3 is 6.16 Å². The third-order valence-corrected chi connectivity index (χ3v) is 2.70. The van der Waals surface area contributed by atoms with Crippen LogP contribution in [0, 0.1) is 10.1 Å². The smallest absolute Gasteiger partial charge is 0.506 e. The molecule has 22 heavy (non-hydrogen) atoms. The van der Waals surface area contributed by atoms with Gasteiger partial charge in [-0.25, -0.2) is 4.79 Å². The van der Waals surface area contributed by atoms with Crippen molar-refractivity contribution < 1.29 is 24.3 Å². The number of aromatic hydroxyl groups is 1. The molecule has 0 radical (unpaired) electrons. The molecule has 0 saturated carbocycles. The second-order valence-electron chi connectivity index (χ2n) is 4.28. The summed E-state index contributed by atoms with van der Waals surface area (Å²) < 4.78 is 9.73. The van der Waals surface area contributed by atoms with Crippen LogP contribution in [0.25, 0.3) is 0 Å². The van der Waals surface area contributed by atoms with Crippen molar-refractivity contribution in [1.82, 2.24) is 0 Å². The minimum Gasteiger partial charge on any atom is -0.506 e. The van der Waals surface area contributed by atoms with E-state index in [9.17, 15) is 20.0 Å². The van der Waals surface area contributed by atoms with Gasteiger partial charge in [0.2, 0.25) is 0 Å². The Hall–Kier alpha value is -3.29. The number of nitro benzene ring substituents is 1. The molecule has 0 amide bonds. The van der Waals surface area contributed by atoms with Crippen LogP contribution in [0.15, 0.2) is 42.5 Å². The molecule has 2 rings (SSSR count). The number of ether oxygens (including phenoxy) is 2. The molecule has 0 atom stereocenters. The van der Waals surface area contributed by atoms with E-state index in [0.717, 1.165) is 0 Å². The van der Waals surface area contributed by atoms with Crippen molar-refractivity contribution in [1.29, 1.82) is 0 Å². The number of nitrogens with two attached hydrogens (primary N) is 1. The second kappa shape index (κ2) is 6.44. The van der Waals surface area contributed by atoms with E-state index in [1.54, 1.807) is 6.07 Å². The lowest BCUT2D eigenvalue weighted by molar-refractivity contribution is -0.384. The predicted octanol–water partition coefficient (Wildman–Crippen LogP) is 2.60. The van der Waals surface area contributed by atoms with E-state index in [-0.39, 0.29) is 29.5 Å². The van der Waals surface area contributed by atoms with Crippen LogP contribution < -0.4 is 10.5 Å². The number of phenols is 1. The van der Waals surface area contributed by atoms with Crippen LogP contribution in [-0.2, 0) is 11.3 Å². The number of rotatable bonds is 4. The van der Waals surface area contributed by atoms with Crippen molar-refractivity contribution >= 4 is 17.5 Å². The largest absolute Gasteiger partial charge is 0.514 e. The first-order valence-electron chi connectivity index (χ1n) is 6.12. The predicted molar refractivity (Wildman–Crippen MR) is 76.4 cm³/mol. The number of nitrogen functional groups attached to an aromatic ring is 1. The van der Waals surface area contributed by atoms with E-state index in [4.69, 9.17) is 15.2 Å². The molecule has 2 aromatic carbocycles. The minimum absolute atomic E-state index is 0.0581. The number of anilines is 1. The molecule has 0 fully saturated rings. The van der Waals surface area contributed by atoms with Crippen molar-refractivity contribution in [3.63, 3.8) is 0 Å². The molecule has 3 N–H and O–H groups in total. The highest BCUT2D eigenvalue weighted by Gasteiger charge is 2.10. The summed E-state index contributed by atoms with van der Waals surface area (Å²) in [6, 6.07) is 9.40. The van der Waals surface area contributed by atoms with Crippen molar-refractivity contribution in [3.8, 4) is 11.5 Å². The molecule has 0 spiro atoms. The molecular weight excluding hydrogens is 292 g/mol. The molecule has 114 valence electrons. The van der Waals surface area contributed by atoms with E-state index in [1.165, 1.54) is 36.4 Å². The molecule has 0 aliphatic rings. The Morgan fingerprint density at radius 3 is 2.50 bits per heavy atom. The summed E-state index contributed by atoms with van der Waals surface area (Å²) in [5.41, 5.74) is 6.15. The molecule has 0 unspecified atom stereocenters. The fraction of sp³-hybridized carbons (Fsp3) is 0.0714. The van der Waals surface area contributed by atoms with Gasteiger partial charge in [-0.3, -0.25) is 10.1 Å². The maximum absolute atomic E-state index is 11.5. The third kappa shape index (κ3) is 3.85. The van der Waals surface area contributed by atoms with Gasteiger partial charge in [0.15, 0.2) is 0 Å². The van der Waals surface area contributed by atoms with Gasteiger partial charge in [0.25, 0.3) is 5.69 Å². The lowest BCUT2D eigenvalue weighted by atomic mass is 10.2. The van der Waals surface area contributed by atoms with Gasteiger partial charge in [-0.2, -0.15) is 0 Å². The van der Waals surface area contributed by atoms with Gasteiger partial charge in [-0.1, -0.05) is 6.07 Å².